The van der Waals surface area contributed by atoms with Crippen molar-refractivity contribution in [2.75, 3.05) is 12.4 Å². The van der Waals surface area contributed by atoms with E-state index >= 15 is 0 Å². The van der Waals surface area contributed by atoms with E-state index in [0.717, 1.165) is 10.2 Å². The molecule has 0 aromatic heterocycles. The van der Waals surface area contributed by atoms with E-state index in [-0.39, 0.29) is 0 Å². The largest absolute Gasteiger partial charge is 0.497 e. The van der Waals surface area contributed by atoms with Gasteiger partial charge in [-0.05, 0) is 59.2 Å². The summed E-state index contributed by atoms with van der Waals surface area (Å²) in [6.45, 7) is 0. The predicted octanol–water partition coefficient (Wildman–Crippen LogP) is 4.98. The second-order valence-corrected chi connectivity index (χ2v) is 6.86. The van der Waals surface area contributed by atoms with Crippen molar-refractivity contribution in [1.82, 2.24) is 0 Å². The van der Waals surface area contributed by atoms with Crippen LogP contribution in [0.1, 0.15) is 44.9 Å². The molecule has 0 heterocycles. The molecule has 1 unspecified atom stereocenters. The highest BCUT2D eigenvalue weighted by molar-refractivity contribution is 9.10. The number of methoxy groups -OCH3 is 1. The fourth-order valence-electron chi connectivity index (χ4n) is 3.71. The summed E-state index contributed by atoms with van der Waals surface area (Å²) >= 11 is 3.64. The van der Waals surface area contributed by atoms with Gasteiger partial charge in [0.2, 0.25) is 0 Å². The van der Waals surface area contributed by atoms with E-state index in [2.05, 4.69) is 33.4 Å². The van der Waals surface area contributed by atoms with Gasteiger partial charge in [-0.25, -0.2) is 0 Å². The number of anilines is 1. The molecule has 0 aliphatic heterocycles. The summed E-state index contributed by atoms with van der Waals surface area (Å²) < 4.78 is 6.45. The quantitative estimate of drug-likeness (QED) is 0.846. The normalized spacial score (nSPS) is 24.8. The Bertz CT molecular complexity index is 454. The number of hydrogen-bond acceptors (Lipinski definition) is 2. The van der Waals surface area contributed by atoms with Gasteiger partial charge in [0.1, 0.15) is 5.75 Å². The van der Waals surface area contributed by atoms with Crippen molar-refractivity contribution in [3.05, 3.63) is 22.7 Å². The number of halogens is 1. The maximum Gasteiger partial charge on any atom is 0.121 e. The van der Waals surface area contributed by atoms with Crippen LogP contribution in [-0.2, 0) is 0 Å². The minimum Gasteiger partial charge on any atom is -0.497 e. The van der Waals surface area contributed by atoms with Crippen LogP contribution in [0.5, 0.6) is 5.75 Å². The molecule has 104 valence electrons. The van der Waals surface area contributed by atoms with E-state index in [0.29, 0.717) is 11.5 Å². The molecule has 0 radical (unpaired) electrons. The van der Waals surface area contributed by atoms with Crippen LogP contribution in [0.3, 0.4) is 0 Å². The first kappa shape index (κ1) is 13.3. The van der Waals surface area contributed by atoms with Crippen LogP contribution in [0.2, 0.25) is 0 Å². The third-order valence-electron chi connectivity index (χ3n) is 5.02. The molecule has 0 bridgehead atoms. The molecule has 19 heavy (non-hydrogen) atoms. The Morgan fingerprint density at radius 1 is 1.21 bits per heavy atom. The summed E-state index contributed by atoms with van der Waals surface area (Å²) in [5.74, 6) is 0.919. The van der Waals surface area contributed by atoms with Gasteiger partial charge in [0.15, 0.2) is 0 Å². The fraction of sp³-hybridized carbons (Fsp3) is 0.625. The van der Waals surface area contributed by atoms with Gasteiger partial charge in [-0.3, -0.25) is 0 Å². The van der Waals surface area contributed by atoms with Gasteiger partial charge in [0.05, 0.1) is 12.8 Å². The Labute approximate surface area is 124 Å². The number of ether oxygens (including phenoxy) is 1. The molecule has 3 rings (SSSR count). The highest BCUT2D eigenvalue weighted by atomic mass is 79.9. The lowest BCUT2D eigenvalue weighted by Gasteiger charge is -2.52. The molecule has 1 N–H and O–H groups in total. The molecule has 0 saturated heterocycles. The monoisotopic (exact) mass is 323 g/mol. The van der Waals surface area contributed by atoms with Gasteiger partial charge < -0.3 is 10.1 Å². The topological polar surface area (TPSA) is 21.3 Å². The Balaban J connectivity index is 1.74. The van der Waals surface area contributed by atoms with Crippen molar-refractivity contribution in [2.45, 2.75) is 51.0 Å². The summed E-state index contributed by atoms with van der Waals surface area (Å²) in [7, 11) is 1.72. The second-order valence-electron chi connectivity index (χ2n) is 6.00. The second kappa shape index (κ2) is 5.35. The maximum absolute atomic E-state index is 5.32. The number of rotatable bonds is 3. The summed E-state index contributed by atoms with van der Waals surface area (Å²) in [5.41, 5.74) is 1.76. The minimum atomic E-state index is 0.584. The van der Waals surface area contributed by atoms with E-state index < -0.39 is 0 Å². The zero-order chi connectivity index (χ0) is 13.3. The van der Waals surface area contributed by atoms with Crippen LogP contribution < -0.4 is 10.1 Å². The lowest BCUT2D eigenvalue weighted by atomic mass is 9.57. The van der Waals surface area contributed by atoms with Crippen molar-refractivity contribution in [1.29, 1.82) is 0 Å². The van der Waals surface area contributed by atoms with Gasteiger partial charge >= 0.3 is 0 Å². The molecule has 3 heteroatoms. The maximum atomic E-state index is 5.32. The highest BCUT2D eigenvalue weighted by Gasteiger charge is 2.46. The van der Waals surface area contributed by atoms with Crippen LogP contribution in [0.25, 0.3) is 0 Å². The first-order valence-corrected chi connectivity index (χ1v) is 8.13. The standard InChI is InChI=1S/C16H22BrNO/c1-19-12-5-6-13(17)14(11-12)18-15-7-10-16(15)8-3-2-4-9-16/h5-6,11,15,18H,2-4,7-10H2,1H3. The molecule has 1 atom stereocenters. The Kier molecular flexibility index (Phi) is 3.75. The summed E-state index contributed by atoms with van der Waals surface area (Å²) in [6, 6.07) is 6.80. The number of nitrogens with one attached hydrogen (secondary N) is 1. The number of benzene rings is 1. The van der Waals surface area contributed by atoms with E-state index in [9.17, 15) is 0 Å². The first-order valence-electron chi connectivity index (χ1n) is 7.34. The van der Waals surface area contributed by atoms with Crippen molar-refractivity contribution >= 4 is 21.6 Å². The molecular weight excluding hydrogens is 302 g/mol. The molecule has 2 nitrogen and oxygen atoms in total. The van der Waals surface area contributed by atoms with E-state index in [1.54, 1.807) is 7.11 Å². The van der Waals surface area contributed by atoms with Crippen LogP contribution in [-0.4, -0.2) is 13.2 Å². The molecular formula is C16H22BrNO. The summed E-state index contributed by atoms with van der Waals surface area (Å²) in [5, 5.41) is 3.76. The molecule has 1 aromatic carbocycles. The van der Waals surface area contributed by atoms with Gasteiger partial charge in [-0.2, -0.15) is 0 Å². The minimum absolute atomic E-state index is 0.584. The summed E-state index contributed by atoms with van der Waals surface area (Å²) in [4.78, 5) is 0. The zero-order valence-corrected chi connectivity index (χ0v) is 13.1. The first-order chi connectivity index (χ1) is 9.23. The SMILES string of the molecule is COc1ccc(Br)c(NC2CCC23CCCCC3)c1. The fourth-order valence-corrected chi connectivity index (χ4v) is 4.07. The van der Waals surface area contributed by atoms with Gasteiger partial charge in [0, 0.05) is 16.6 Å². The van der Waals surface area contributed by atoms with Crippen molar-refractivity contribution in [3.8, 4) is 5.75 Å². The third-order valence-corrected chi connectivity index (χ3v) is 5.71. The lowest BCUT2D eigenvalue weighted by Crippen LogP contribution is -2.50. The Hall–Kier alpha value is -0.700. The highest BCUT2D eigenvalue weighted by Crippen LogP contribution is 2.53. The van der Waals surface area contributed by atoms with E-state index in [1.807, 2.05) is 6.07 Å². The lowest BCUT2D eigenvalue weighted by molar-refractivity contribution is 0.0571. The summed E-state index contributed by atoms with van der Waals surface area (Å²) in [6.07, 6.45) is 9.79. The zero-order valence-electron chi connectivity index (χ0n) is 11.5. The van der Waals surface area contributed by atoms with Crippen LogP contribution in [0, 0.1) is 5.41 Å². The molecule has 2 saturated carbocycles. The average Bonchev–Trinajstić information content (AvgIpc) is 2.46. The van der Waals surface area contributed by atoms with E-state index in [4.69, 9.17) is 4.74 Å². The van der Waals surface area contributed by atoms with Crippen LogP contribution in [0.4, 0.5) is 5.69 Å². The molecule has 2 fully saturated rings. The van der Waals surface area contributed by atoms with Crippen LogP contribution in [0.15, 0.2) is 22.7 Å². The Morgan fingerprint density at radius 2 is 2.00 bits per heavy atom. The number of hydrogen-bond donors (Lipinski definition) is 1. The van der Waals surface area contributed by atoms with Crippen LogP contribution >= 0.6 is 15.9 Å². The third kappa shape index (κ3) is 2.49. The Morgan fingerprint density at radius 3 is 2.63 bits per heavy atom. The van der Waals surface area contributed by atoms with Gasteiger partial charge in [-0.15, -0.1) is 0 Å². The predicted molar refractivity (Wildman–Crippen MR) is 82.9 cm³/mol. The van der Waals surface area contributed by atoms with Gasteiger partial charge in [0.25, 0.3) is 0 Å². The van der Waals surface area contributed by atoms with E-state index in [1.165, 1.54) is 50.6 Å². The smallest absolute Gasteiger partial charge is 0.121 e. The molecule has 0 amide bonds. The molecule has 1 aromatic rings. The molecule has 1 spiro atoms. The molecule has 2 aliphatic carbocycles. The van der Waals surface area contributed by atoms with Crippen molar-refractivity contribution < 1.29 is 4.74 Å². The average molecular weight is 324 g/mol. The van der Waals surface area contributed by atoms with Gasteiger partial charge in [-0.1, -0.05) is 19.3 Å². The molecule has 2 aliphatic rings. The van der Waals surface area contributed by atoms with Crippen molar-refractivity contribution in [2.24, 2.45) is 5.41 Å². The van der Waals surface area contributed by atoms with Crippen molar-refractivity contribution in [3.63, 3.8) is 0 Å².